The molecule has 1 aliphatic heterocycles. The van der Waals surface area contributed by atoms with Crippen LogP contribution in [0.4, 0.5) is 0 Å². The number of rotatable bonds is 5. The number of nitrogens with one attached hydrogen (secondary N) is 1. The van der Waals surface area contributed by atoms with E-state index in [-0.39, 0.29) is 6.54 Å². The lowest BCUT2D eigenvalue weighted by Crippen LogP contribution is -2.55. The van der Waals surface area contributed by atoms with Gasteiger partial charge in [-0.05, 0) is 12.1 Å². The van der Waals surface area contributed by atoms with E-state index in [0.29, 0.717) is 12.3 Å². The van der Waals surface area contributed by atoms with Crippen LogP contribution in [0.2, 0.25) is 0 Å². The summed E-state index contributed by atoms with van der Waals surface area (Å²) < 4.78 is 5.85. The average molecular weight is 260 g/mol. The summed E-state index contributed by atoms with van der Waals surface area (Å²) in [5.41, 5.74) is 4.82. The van der Waals surface area contributed by atoms with Crippen LogP contribution in [0.15, 0.2) is 30.3 Å². The van der Waals surface area contributed by atoms with Gasteiger partial charge >= 0.3 is 0 Å². The number of nitrogens with two attached hydrogens (primary N) is 1. The zero-order chi connectivity index (χ0) is 13.6. The van der Waals surface area contributed by atoms with E-state index in [2.05, 4.69) is 16.3 Å². The number of hydrogen-bond acceptors (Lipinski definition) is 5. The molecule has 1 aliphatic rings. The molecule has 1 aromatic carbocycles. The molecule has 0 aliphatic carbocycles. The largest absolute Gasteiger partial charge is 0.470 e. The van der Waals surface area contributed by atoms with Crippen LogP contribution in [-0.2, 0) is 0 Å². The lowest BCUT2D eigenvalue weighted by Gasteiger charge is -2.35. The van der Waals surface area contributed by atoms with Crippen molar-refractivity contribution < 1.29 is 4.74 Å². The predicted molar refractivity (Wildman–Crippen MR) is 73.8 cm³/mol. The van der Waals surface area contributed by atoms with E-state index in [1.165, 1.54) is 0 Å². The molecule has 19 heavy (non-hydrogen) atoms. The van der Waals surface area contributed by atoms with E-state index in [1.807, 2.05) is 30.3 Å². The van der Waals surface area contributed by atoms with Crippen LogP contribution in [0.25, 0.3) is 0 Å². The number of nitrogens with zero attached hydrogens (tertiary/aromatic N) is 2. The SMILES string of the molecule is N#CC(CN)(CN1CCNCC1)Oc1ccccc1. The van der Waals surface area contributed by atoms with Crippen LogP contribution in [0.1, 0.15) is 0 Å². The van der Waals surface area contributed by atoms with Gasteiger partial charge in [-0.1, -0.05) is 18.2 Å². The summed E-state index contributed by atoms with van der Waals surface area (Å²) in [4.78, 5) is 2.22. The molecule has 3 N–H and O–H groups in total. The molecular weight excluding hydrogens is 240 g/mol. The van der Waals surface area contributed by atoms with Gasteiger partial charge < -0.3 is 15.8 Å². The highest BCUT2D eigenvalue weighted by atomic mass is 16.5. The number of piperazine rings is 1. The van der Waals surface area contributed by atoms with Crippen molar-refractivity contribution in [2.24, 2.45) is 5.73 Å². The molecule has 1 aromatic rings. The molecule has 102 valence electrons. The third kappa shape index (κ3) is 3.67. The highest BCUT2D eigenvalue weighted by Gasteiger charge is 2.33. The van der Waals surface area contributed by atoms with Gasteiger partial charge in [-0.25, -0.2) is 0 Å². The zero-order valence-corrected chi connectivity index (χ0v) is 11.0. The summed E-state index contributed by atoms with van der Waals surface area (Å²) in [6.07, 6.45) is 0. The number of para-hydroxylation sites is 1. The van der Waals surface area contributed by atoms with Crippen molar-refractivity contribution in [2.45, 2.75) is 5.60 Å². The Morgan fingerprint density at radius 2 is 2.00 bits per heavy atom. The second-order valence-corrected chi connectivity index (χ2v) is 4.75. The average Bonchev–Trinajstić information content (AvgIpc) is 2.48. The summed E-state index contributed by atoms with van der Waals surface area (Å²) in [6, 6.07) is 11.6. The monoisotopic (exact) mass is 260 g/mol. The molecule has 5 heteroatoms. The van der Waals surface area contributed by atoms with E-state index < -0.39 is 5.60 Å². The Hall–Kier alpha value is -1.61. The van der Waals surface area contributed by atoms with Crippen molar-refractivity contribution >= 4 is 0 Å². The van der Waals surface area contributed by atoms with Gasteiger partial charge in [0.05, 0.1) is 6.54 Å². The van der Waals surface area contributed by atoms with Gasteiger partial charge in [-0.2, -0.15) is 5.26 Å². The molecule has 0 bridgehead atoms. The second-order valence-electron chi connectivity index (χ2n) is 4.75. The molecule has 0 saturated carbocycles. The summed E-state index contributed by atoms with van der Waals surface area (Å²) in [5, 5.41) is 12.8. The minimum absolute atomic E-state index is 0.183. The first-order chi connectivity index (χ1) is 9.28. The predicted octanol–water partition coefficient (Wildman–Crippen LogP) is 0.192. The van der Waals surface area contributed by atoms with Crippen molar-refractivity contribution in [3.63, 3.8) is 0 Å². The molecule has 0 radical (unpaired) electrons. The van der Waals surface area contributed by atoms with Crippen LogP contribution in [0.5, 0.6) is 5.75 Å². The van der Waals surface area contributed by atoms with Crippen LogP contribution in [-0.4, -0.2) is 49.8 Å². The molecule has 5 nitrogen and oxygen atoms in total. The maximum atomic E-state index is 9.47. The zero-order valence-electron chi connectivity index (χ0n) is 11.0. The van der Waals surface area contributed by atoms with Gasteiger partial charge in [-0.3, -0.25) is 4.90 Å². The lowest BCUT2D eigenvalue weighted by atomic mass is 10.0. The number of nitriles is 1. The van der Waals surface area contributed by atoms with E-state index >= 15 is 0 Å². The Morgan fingerprint density at radius 3 is 2.58 bits per heavy atom. The molecule has 2 rings (SSSR count). The molecule has 0 spiro atoms. The Labute approximate surface area is 114 Å². The first kappa shape index (κ1) is 13.8. The summed E-state index contributed by atoms with van der Waals surface area (Å²) in [7, 11) is 0. The Balaban J connectivity index is 2.06. The maximum absolute atomic E-state index is 9.47. The van der Waals surface area contributed by atoms with Crippen molar-refractivity contribution in [1.82, 2.24) is 10.2 Å². The molecule has 1 heterocycles. The van der Waals surface area contributed by atoms with Crippen molar-refractivity contribution in [3.8, 4) is 11.8 Å². The molecule has 1 fully saturated rings. The van der Waals surface area contributed by atoms with Gasteiger partial charge in [-0.15, -0.1) is 0 Å². The van der Waals surface area contributed by atoms with Gasteiger partial charge in [0.15, 0.2) is 0 Å². The number of benzene rings is 1. The van der Waals surface area contributed by atoms with Gasteiger partial charge in [0.1, 0.15) is 11.8 Å². The van der Waals surface area contributed by atoms with E-state index in [0.717, 1.165) is 26.2 Å². The number of hydrogen-bond donors (Lipinski definition) is 2. The summed E-state index contributed by atoms with van der Waals surface area (Å²) in [6.45, 7) is 4.44. The van der Waals surface area contributed by atoms with Crippen LogP contribution < -0.4 is 15.8 Å². The topological polar surface area (TPSA) is 74.3 Å². The van der Waals surface area contributed by atoms with Crippen LogP contribution >= 0.6 is 0 Å². The first-order valence-electron chi connectivity index (χ1n) is 6.56. The van der Waals surface area contributed by atoms with Crippen LogP contribution in [0, 0.1) is 11.3 Å². The smallest absolute Gasteiger partial charge is 0.218 e. The molecular formula is C14H20N4O. The Kier molecular flexibility index (Phi) is 4.74. The highest BCUT2D eigenvalue weighted by Crippen LogP contribution is 2.18. The van der Waals surface area contributed by atoms with Crippen molar-refractivity contribution in [1.29, 1.82) is 5.26 Å². The van der Waals surface area contributed by atoms with Crippen LogP contribution in [0.3, 0.4) is 0 Å². The first-order valence-corrected chi connectivity index (χ1v) is 6.56. The number of ether oxygens (including phenoxy) is 1. The standard InChI is InChI=1S/C14H20N4O/c15-10-14(11-16,12-18-8-6-17-7-9-18)19-13-4-2-1-3-5-13/h1-5,17H,6-10,12,15H2. The molecule has 1 atom stereocenters. The molecule has 1 saturated heterocycles. The van der Waals surface area contributed by atoms with Crippen molar-refractivity contribution in [2.75, 3.05) is 39.3 Å². The van der Waals surface area contributed by atoms with E-state index in [9.17, 15) is 5.26 Å². The van der Waals surface area contributed by atoms with Gasteiger partial charge in [0.25, 0.3) is 0 Å². The maximum Gasteiger partial charge on any atom is 0.218 e. The Morgan fingerprint density at radius 1 is 1.32 bits per heavy atom. The third-order valence-corrected chi connectivity index (χ3v) is 3.28. The second kappa shape index (κ2) is 6.53. The quantitative estimate of drug-likeness (QED) is 0.790. The minimum Gasteiger partial charge on any atom is -0.470 e. The highest BCUT2D eigenvalue weighted by molar-refractivity contribution is 5.24. The fourth-order valence-electron chi connectivity index (χ4n) is 2.19. The Bertz CT molecular complexity index is 425. The minimum atomic E-state index is -0.974. The summed E-state index contributed by atoms with van der Waals surface area (Å²) >= 11 is 0. The third-order valence-electron chi connectivity index (χ3n) is 3.28. The molecule has 0 amide bonds. The normalized spacial score (nSPS) is 19.4. The summed E-state index contributed by atoms with van der Waals surface area (Å²) in [5.74, 6) is 0.685. The van der Waals surface area contributed by atoms with Gasteiger partial charge in [0.2, 0.25) is 5.60 Å². The van der Waals surface area contributed by atoms with E-state index in [1.54, 1.807) is 0 Å². The lowest BCUT2D eigenvalue weighted by molar-refractivity contribution is 0.0759. The van der Waals surface area contributed by atoms with Crippen molar-refractivity contribution in [3.05, 3.63) is 30.3 Å². The molecule has 0 aromatic heterocycles. The van der Waals surface area contributed by atoms with E-state index in [4.69, 9.17) is 10.5 Å². The fraction of sp³-hybridized carbons (Fsp3) is 0.500. The van der Waals surface area contributed by atoms with Gasteiger partial charge in [0, 0.05) is 32.7 Å². The molecule has 1 unspecified atom stereocenters. The fourth-order valence-corrected chi connectivity index (χ4v) is 2.19.